The van der Waals surface area contributed by atoms with Gasteiger partial charge in [-0.25, -0.2) is 0 Å². The molecule has 0 radical (unpaired) electrons. The highest BCUT2D eigenvalue weighted by molar-refractivity contribution is 7.13. The monoisotopic (exact) mass is 379 g/mol. The molecule has 24 heavy (non-hydrogen) atoms. The van der Waals surface area contributed by atoms with Gasteiger partial charge in [-0.2, -0.15) is 13.2 Å². The summed E-state index contributed by atoms with van der Waals surface area (Å²) in [6, 6.07) is 6.45. The van der Waals surface area contributed by atoms with Crippen LogP contribution in [0.25, 0.3) is 0 Å². The van der Waals surface area contributed by atoms with Gasteiger partial charge in [0.15, 0.2) is 6.61 Å². The first-order valence-electron chi connectivity index (χ1n) is 6.79. The molecule has 0 saturated heterocycles. The summed E-state index contributed by atoms with van der Waals surface area (Å²) in [5.41, 5.74) is 0.608. The molecule has 0 unspecified atom stereocenters. The predicted molar refractivity (Wildman–Crippen MR) is 84.5 cm³/mol. The van der Waals surface area contributed by atoms with Gasteiger partial charge in [0.05, 0.1) is 0 Å². The number of benzene rings is 1. The summed E-state index contributed by atoms with van der Waals surface area (Å²) in [6.45, 7) is 3.16. The summed E-state index contributed by atoms with van der Waals surface area (Å²) in [5, 5.41) is 5.37. The van der Waals surface area contributed by atoms with Gasteiger partial charge in [0.25, 0.3) is 11.1 Å². The van der Waals surface area contributed by atoms with Crippen LogP contribution in [0.15, 0.2) is 24.3 Å². The molecule has 130 valence electrons. The molecule has 0 saturated carbocycles. The van der Waals surface area contributed by atoms with Crippen molar-refractivity contribution in [3.63, 3.8) is 0 Å². The van der Waals surface area contributed by atoms with Crippen molar-refractivity contribution in [3.05, 3.63) is 34.3 Å². The average molecular weight is 380 g/mol. The Morgan fingerprint density at radius 2 is 1.92 bits per heavy atom. The minimum absolute atomic E-state index is 0.178. The van der Waals surface area contributed by atoms with Crippen molar-refractivity contribution in [2.24, 2.45) is 0 Å². The fourth-order valence-electron chi connectivity index (χ4n) is 1.91. The SMILES string of the molecule is CC(C)N(C(=O)COc1nnc(C(F)(F)F)s1)c1ccc(Cl)cc1. The zero-order chi connectivity index (χ0) is 17.9. The van der Waals surface area contributed by atoms with E-state index in [1.807, 2.05) is 0 Å². The van der Waals surface area contributed by atoms with Crippen LogP contribution in [0, 0.1) is 0 Å². The van der Waals surface area contributed by atoms with E-state index < -0.39 is 23.7 Å². The van der Waals surface area contributed by atoms with E-state index >= 15 is 0 Å². The number of rotatable bonds is 5. The number of alkyl halides is 3. The first kappa shape index (κ1) is 18.5. The number of hydrogen-bond acceptors (Lipinski definition) is 5. The predicted octanol–water partition coefficient (Wildman–Crippen LogP) is 4.03. The lowest BCUT2D eigenvalue weighted by molar-refractivity contribution is -0.138. The molecule has 0 fully saturated rings. The maximum Gasteiger partial charge on any atom is 0.445 e. The topological polar surface area (TPSA) is 55.3 Å². The zero-order valence-electron chi connectivity index (χ0n) is 12.7. The van der Waals surface area contributed by atoms with Gasteiger partial charge >= 0.3 is 6.18 Å². The van der Waals surface area contributed by atoms with E-state index in [0.717, 1.165) is 0 Å². The van der Waals surface area contributed by atoms with Crippen molar-refractivity contribution >= 4 is 34.5 Å². The fraction of sp³-hybridized carbons (Fsp3) is 0.357. The van der Waals surface area contributed by atoms with Gasteiger partial charge in [-0.15, -0.1) is 5.10 Å². The molecule has 2 aromatic rings. The summed E-state index contributed by atoms with van der Waals surface area (Å²) in [5.74, 6) is -0.420. The molecule has 0 aliphatic carbocycles. The maximum absolute atomic E-state index is 12.5. The van der Waals surface area contributed by atoms with Crippen molar-refractivity contribution in [3.8, 4) is 5.19 Å². The summed E-state index contributed by atoms with van der Waals surface area (Å²) in [4.78, 5) is 13.8. The molecule has 1 amide bonds. The lowest BCUT2D eigenvalue weighted by Gasteiger charge is -2.26. The number of carbonyl (C=O) groups is 1. The summed E-state index contributed by atoms with van der Waals surface area (Å²) in [6.07, 6.45) is -4.59. The van der Waals surface area contributed by atoms with Crippen LogP contribution in [0.2, 0.25) is 5.02 Å². The van der Waals surface area contributed by atoms with E-state index in [0.29, 0.717) is 10.7 Å². The molecular weight excluding hydrogens is 367 g/mol. The van der Waals surface area contributed by atoms with E-state index in [1.165, 1.54) is 4.90 Å². The van der Waals surface area contributed by atoms with Crippen LogP contribution in [0.1, 0.15) is 18.9 Å². The number of nitrogens with zero attached hydrogens (tertiary/aromatic N) is 3. The van der Waals surface area contributed by atoms with Crippen molar-refractivity contribution in [2.45, 2.75) is 26.1 Å². The van der Waals surface area contributed by atoms with E-state index in [9.17, 15) is 18.0 Å². The van der Waals surface area contributed by atoms with Gasteiger partial charge in [0, 0.05) is 16.8 Å². The van der Waals surface area contributed by atoms with Crippen LogP contribution in [0.5, 0.6) is 5.19 Å². The Balaban J connectivity index is 2.06. The highest BCUT2D eigenvalue weighted by Crippen LogP contribution is 2.33. The fourth-order valence-corrected chi connectivity index (χ4v) is 2.60. The van der Waals surface area contributed by atoms with E-state index in [4.69, 9.17) is 16.3 Å². The first-order valence-corrected chi connectivity index (χ1v) is 7.99. The average Bonchev–Trinajstić information content (AvgIpc) is 2.96. The Bertz CT molecular complexity index is 704. The Hall–Kier alpha value is -1.87. The lowest BCUT2D eigenvalue weighted by Crippen LogP contribution is -2.40. The molecule has 10 heteroatoms. The van der Waals surface area contributed by atoms with Gasteiger partial charge in [-0.1, -0.05) is 28.0 Å². The van der Waals surface area contributed by atoms with E-state index in [-0.39, 0.29) is 22.6 Å². The molecule has 0 bridgehead atoms. The number of carbonyl (C=O) groups excluding carboxylic acids is 1. The minimum Gasteiger partial charge on any atom is -0.459 e. The van der Waals surface area contributed by atoms with Crippen LogP contribution < -0.4 is 9.64 Å². The Morgan fingerprint density at radius 1 is 1.29 bits per heavy atom. The number of hydrogen-bond donors (Lipinski definition) is 0. The summed E-state index contributed by atoms with van der Waals surface area (Å²) >= 11 is 6.06. The Labute approximate surface area is 145 Å². The van der Waals surface area contributed by atoms with Crippen LogP contribution in [0.4, 0.5) is 18.9 Å². The molecule has 1 heterocycles. The number of amides is 1. The quantitative estimate of drug-likeness (QED) is 0.787. The molecule has 0 aliphatic rings. The normalized spacial score (nSPS) is 11.6. The smallest absolute Gasteiger partial charge is 0.445 e. The van der Waals surface area contributed by atoms with Gasteiger partial charge in [0.1, 0.15) is 0 Å². The van der Waals surface area contributed by atoms with Crippen molar-refractivity contribution in [2.75, 3.05) is 11.5 Å². The second kappa shape index (κ2) is 7.35. The van der Waals surface area contributed by atoms with Gasteiger partial charge in [-0.05, 0) is 38.1 Å². The molecule has 1 aromatic heterocycles. The second-order valence-corrected chi connectivity index (χ2v) is 6.37. The van der Waals surface area contributed by atoms with Crippen LogP contribution in [-0.2, 0) is 11.0 Å². The Morgan fingerprint density at radius 3 is 2.42 bits per heavy atom. The largest absolute Gasteiger partial charge is 0.459 e. The van der Waals surface area contributed by atoms with Crippen LogP contribution in [-0.4, -0.2) is 28.8 Å². The van der Waals surface area contributed by atoms with Gasteiger partial charge in [-0.3, -0.25) is 4.79 Å². The van der Waals surface area contributed by atoms with Crippen LogP contribution in [0.3, 0.4) is 0 Å². The molecule has 0 spiro atoms. The van der Waals surface area contributed by atoms with Crippen LogP contribution >= 0.6 is 22.9 Å². The standard InChI is InChI=1S/C14H13ClF3N3O2S/c1-8(2)21(10-5-3-9(15)4-6-10)11(22)7-23-13-20-19-12(24-13)14(16,17)18/h3-6,8H,7H2,1-2H3. The molecule has 5 nitrogen and oxygen atoms in total. The van der Waals surface area contributed by atoms with E-state index in [2.05, 4.69) is 10.2 Å². The number of aromatic nitrogens is 2. The second-order valence-electron chi connectivity index (χ2n) is 4.99. The number of halogens is 4. The highest BCUT2D eigenvalue weighted by Gasteiger charge is 2.36. The summed E-state index contributed by atoms with van der Waals surface area (Å²) in [7, 11) is 0. The maximum atomic E-state index is 12.5. The minimum atomic E-state index is -4.59. The number of ether oxygens (including phenoxy) is 1. The third-order valence-corrected chi connectivity index (χ3v) is 3.99. The van der Waals surface area contributed by atoms with Gasteiger partial charge in [0.2, 0.25) is 5.01 Å². The third-order valence-electron chi connectivity index (χ3n) is 2.86. The highest BCUT2D eigenvalue weighted by atomic mass is 35.5. The Kier molecular flexibility index (Phi) is 5.66. The molecular formula is C14H13ClF3N3O2S. The molecule has 2 rings (SSSR count). The van der Waals surface area contributed by atoms with Crippen molar-refractivity contribution in [1.82, 2.24) is 10.2 Å². The van der Waals surface area contributed by atoms with Crippen molar-refractivity contribution < 1.29 is 22.7 Å². The zero-order valence-corrected chi connectivity index (χ0v) is 14.2. The summed E-state index contributed by atoms with van der Waals surface area (Å²) < 4.78 is 42.4. The van der Waals surface area contributed by atoms with E-state index in [1.54, 1.807) is 38.1 Å². The lowest BCUT2D eigenvalue weighted by atomic mass is 10.2. The van der Waals surface area contributed by atoms with Crippen molar-refractivity contribution in [1.29, 1.82) is 0 Å². The third kappa shape index (κ3) is 4.57. The number of anilines is 1. The molecule has 0 atom stereocenters. The first-order chi connectivity index (χ1) is 11.2. The molecule has 0 aliphatic heterocycles. The molecule has 0 N–H and O–H groups in total. The van der Waals surface area contributed by atoms with Gasteiger partial charge < -0.3 is 9.64 Å². The molecule has 1 aromatic carbocycles.